The third-order valence-electron chi connectivity index (χ3n) is 2.59. The lowest BCUT2D eigenvalue weighted by Crippen LogP contribution is -2.28. The van der Waals surface area contributed by atoms with Crippen molar-refractivity contribution in [3.63, 3.8) is 0 Å². The summed E-state index contributed by atoms with van der Waals surface area (Å²) in [6.45, 7) is 14.8. The van der Waals surface area contributed by atoms with Gasteiger partial charge in [0.05, 0.1) is 24.0 Å². The van der Waals surface area contributed by atoms with Crippen LogP contribution in [0.4, 0.5) is 0 Å². The second kappa shape index (κ2) is 7.04. The monoisotopic (exact) mass is 280 g/mol. The minimum Gasteiger partial charge on any atom is -0.376 e. The zero-order valence-corrected chi connectivity index (χ0v) is 13.8. The van der Waals surface area contributed by atoms with Gasteiger partial charge in [-0.3, -0.25) is 4.57 Å². The van der Waals surface area contributed by atoms with Gasteiger partial charge in [-0.2, -0.15) is 0 Å². The van der Waals surface area contributed by atoms with Gasteiger partial charge in [-0.25, -0.2) is 0 Å². The van der Waals surface area contributed by atoms with E-state index in [2.05, 4.69) is 0 Å². The summed E-state index contributed by atoms with van der Waals surface area (Å²) >= 11 is 0. The number of hydrogen-bond acceptors (Lipinski definition) is 4. The van der Waals surface area contributed by atoms with Crippen molar-refractivity contribution in [3.05, 3.63) is 0 Å². The molecule has 0 bridgehead atoms. The first kappa shape index (κ1) is 18.1. The first-order chi connectivity index (χ1) is 8.08. The summed E-state index contributed by atoms with van der Waals surface area (Å²) in [6.07, 6.45) is 0.640. The number of ether oxygens (including phenoxy) is 1. The zero-order chi connectivity index (χ0) is 14.4. The van der Waals surface area contributed by atoms with E-state index in [1.807, 2.05) is 48.5 Å². The summed E-state index contributed by atoms with van der Waals surface area (Å²) in [4.78, 5) is 0. The predicted molar refractivity (Wildman–Crippen MR) is 75.3 cm³/mol. The normalized spacial score (nSPS) is 13.9. The fourth-order valence-electron chi connectivity index (χ4n) is 1.47. The van der Waals surface area contributed by atoms with E-state index in [1.165, 1.54) is 0 Å². The van der Waals surface area contributed by atoms with Crippen molar-refractivity contribution in [1.29, 1.82) is 0 Å². The molecule has 0 atom stereocenters. The molecule has 0 amide bonds. The van der Waals surface area contributed by atoms with Gasteiger partial charge in [-0.05, 0) is 54.9 Å². The van der Waals surface area contributed by atoms with Crippen LogP contribution >= 0.6 is 7.60 Å². The fraction of sp³-hybridized carbons (Fsp3) is 1.00. The molecule has 0 saturated carbocycles. The molecular weight excluding hydrogens is 251 g/mol. The van der Waals surface area contributed by atoms with Crippen molar-refractivity contribution in [3.8, 4) is 0 Å². The van der Waals surface area contributed by atoms with Gasteiger partial charge in [0.2, 0.25) is 0 Å². The lowest BCUT2D eigenvalue weighted by molar-refractivity contribution is -0.00795. The highest BCUT2D eigenvalue weighted by Crippen LogP contribution is 2.61. The fourth-order valence-corrected chi connectivity index (χ4v) is 3.29. The van der Waals surface area contributed by atoms with E-state index in [-0.39, 0.29) is 5.60 Å². The van der Waals surface area contributed by atoms with Crippen molar-refractivity contribution in [2.45, 2.75) is 65.6 Å². The summed E-state index contributed by atoms with van der Waals surface area (Å²) in [5.41, 5.74) is -0.183. The molecule has 0 fully saturated rings. The van der Waals surface area contributed by atoms with E-state index in [9.17, 15) is 4.57 Å². The van der Waals surface area contributed by atoms with E-state index >= 15 is 0 Å². The van der Waals surface area contributed by atoms with Crippen LogP contribution in [0.1, 0.15) is 54.9 Å². The van der Waals surface area contributed by atoms with Gasteiger partial charge in [0, 0.05) is 6.61 Å². The molecule has 5 heteroatoms. The van der Waals surface area contributed by atoms with Crippen molar-refractivity contribution in [1.82, 2.24) is 0 Å². The Morgan fingerprint density at radius 1 is 0.944 bits per heavy atom. The third-order valence-corrected chi connectivity index (χ3v) is 5.49. The molecule has 0 aliphatic heterocycles. The summed E-state index contributed by atoms with van der Waals surface area (Å²) < 4.78 is 29.2. The highest BCUT2D eigenvalue weighted by molar-refractivity contribution is 7.55. The molecule has 0 saturated heterocycles. The van der Waals surface area contributed by atoms with Crippen LogP contribution in [0.2, 0.25) is 0 Å². The van der Waals surface area contributed by atoms with Gasteiger partial charge in [0.15, 0.2) is 0 Å². The average Bonchev–Trinajstić information content (AvgIpc) is 2.15. The quantitative estimate of drug-likeness (QED) is 0.624. The molecule has 0 spiro atoms. The van der Waals surface area contributed by atoms with E-state index in [0.29, 0.717) is 26.2 Å². The van der Waals surface area contributed by atoms with Gasteiger partial charge in [-0.15, -0.1) is 0 Å². The summed E-state index contributed by atoms with van der Waals surface area (Å²) in [5, 5.41) is -0.537. The van der Waals surface area contributed by atoms with Crippen LogP contribution in [0.5, 0.6) is 0 Å². The Hall–Kier alpha value is 0.110. The highest BCUT2D eigenvalue weighted by Gasteiger charge is 2.42. The van der Waals surface area contributed by atoms with Crippen molar-refractivity contribution < 1.29 is 18.3 Å². The van der Waals surface area contributed by atoms with Crippen LogP contribution in [0.15, 0.2) is 0 Å². The van der Waals surface area contributed by atoms with Crippen molar-refractivity contribution in [2.24, 2.45) is 0 Å². The Morgan fingerprint density at radius 2 is 1.39 bits per heavy atom. The van der Waals surface area contributed by atoms with Gasteiger partial charge < -0.3 is 13.8 Å². The topological polar surface area (TPSA) is 44.8 Å². The van der Waals surface area contributed by atoms with E-state index in [0.717, 1.165) is 0 Å². The van der Waals surface area contributed by atoms with Crippen LogP contribution in [0.3, 0.4) is 0 Å². The minimum atomic E-state index is -3.08. The highest BCUT2D eigenvalue weighted by atomic mass is 31.2. The molecule has 0 N–H and O–H groups in total. The van der Waals surface area contributed by atoms with E-state index in [1.54, 1.807) is 0 Å². The van der Waals surface area contributed by atoms with Gasteiger partial charge >= 0.3 is 7.60 Å². The largest absolute Gasteiger partial charge is 0.376 e. The zero-order valence-electron chi connectivity index (χ0n) is 12.9. The van der Waals surface area contributed by atoms with E-state index < -0.39 is 12.8 Å². The summed E-state index contributed by atoms with van der Waals surface area (Å²) in [5.74, 6) is 0. The Morgan fingerprint density at radius 3 is 1.72 bits per heavy atom. The van der Waals surface area contributed by atoms with Crippen LogP contribution in [0.25, 0.3) is 0 Å². The summed E-state index contributed by atoms with van der Waals surface area (Å²) in [6, 6.07) is 0. The maximum Gasteiger partial charge on any atom is 0.336 e. The summed E-state index contributed by atoms with van der Waals surface area (Å²) in [7, 11) is -3.08. The lowest BCUT2D eigenvalue weighted by atomic mass is 10.1. The lowest BCUT2D eigenvalue weighted by Gasteiger charge is -2.33. The van der Waals surface area contributed by atoms with Crippen LogP contribution < -0.4 is 0 Å². The molecule has 0 unspecified atom stereocenters. The Labute approximate surface area is 112 Å². The predicted octanol–water partition coefficient (Wildman–Crippen LogP) is 4.24. The van der Waals surface area contributed by atoms with Crippen LogP contribution in [0, 0.1) is 0 Å². The molecule has 0 aromatic rings. The van der Waals surface area contributed by atoms with E-state index in [4.69, 9.17) is 13.8 Å². The SMILES string of the molecule is CCOP(=O)(OCC)C(C)(C)CCOC(C)(C)C. The first-order valence-corrected chi connectivity index (χ1v) is 8.15. The minimum absolute atomic E-state index is 0.183. The Balaban J connectivity index is 4.60. The van der Waals surface area contributed by atoms with Gasteiger partial charge in [-0.1, -0.05) is 0 Å². The maximum atomic E-state index is 12.7. The molecule has 0 rings (SSSR count). The van der Waals surface area contributed by atoms with Gasteiger partial charge in [0.25, 0.3) is 0 Å². The number of rotatable bonds is 8. The molecular formula is C13H29O4P. The molecule has 18 heavy (non-hydrogen) atoms. The smallest absolute Gasteiger partial charge is 0.336 e. The molecule has 4 nitrogen and oxygen atoms in total. The molecule has 0 heterocycles. The maximum absolute atomic E-state index is 12.7. The van der Waals surface area contributed by atoms with Gasteiger partial charge in [0.1, 0.15) is 0 Å². The molecule has 110 valence electrons. The van der Waals surface area contributed by atoms with Crippen LogP contribution in [-0.4, -0.2) is 30.6 Å². The molecule has 0 aromatic carbocycles. The standard InChI is InChI=1S/C13H29O4P/c1-8-16-18(14,17-9-2)13(6,7)10-11-15-12(3,4)5/h8-11H2,1-7H3. The Bertz CT molecular complexity index is 271. The molecule has 0 radical (unpaired) electrons. The van der Waals surface area contributed by atoms with Crippen LogP contribution in [-0.2, 0) is 18.3 Å². The Kier molecular flexibility index (Phi) is 7.09. The molecule has 0 aromatic heterocycles. The second-order valence-electron chi connectivity index (χ2n) is 5.86. The first-order valence-electron chi connectivity index (χ1n) is 6.61. The average molecular weight is 280 g/mol. The van der Waals surface area contributed by atoms with Crippen molar-refractivity contribution >= 4 is 7.60 Å². The second-order valence-corrected chi connectivity index (χ2v) is 8.58. The third kappa shape index (κ3) is 5.83. The number of hydrogen-bond donors (Lipinski definition) is 0. The molecule has 0 aliphatic rings. The van der Waals surface area contributed by atoms with Crippen molar-refractivity contribution in [2.75, 3.05) is 19.8 Å². The molecule has 0 aliphatic carbocycles.